The molecule has 4 aliphatic rings. The van der Waals surface area contributed by atoms with E-state index in [-0.39, 0.29) is 24.0 Å². The summed E-state index contributed by atoms with van der Waals surface area (Å²) in [5.74, 6) is 5.49. The number of rotatable bonds is 9. The van der Waals surface area contributed by atoms with E-state index in [1.165, 1.54) is 38.5 Å². The van der Waals surface area contributed by atoms with Crippen LogP contribution in [0.5, 0.6) is 11.5 Å². The molecule has 23 rings (SSSR count). The fourth-order valence-electron chi connectivity index (χ4n) is 17.1. The summed E-state index contributed by atoms with van der Waals surface area (Å²) in [4.78, 5) is 31.0. The normalized spacial score (nSPS) is 15.7. The van der Waals surface area contributed by atoms with Gasteiger partial charge in [-0.15, -0.1) is 0 Å². The summed E-state index contributed by atoms with van der Waals surface area (Å²) in [6.07, 6.45) is 8.85. The lowest BCUT2D eigenvalue weighted by molar-refractivity contribution is 0.224. The first-order valence-electron chi connectivity index (χ1n) is 36.6. The van der Waals surface area contributed by atoms with Crippen molar-refractivity contribution in [3.8, 4) is 91.4 Å². The maximum Gasteiger partial charge on any atom is 0.238 e. The molecule has 2 aliphatic heterocycles. The quantitative estimate of drug-likeness (QED) is 0.140. The van der Waals surface area contributed by atoms with Gasteiger partial charge < -0.3 is 18.6 Å². The highest BCUT2D eigenvalue weighted by molar-refractivity contribution is 6.10. The zero-order valence-electron chi connectivity index (χ0n) is 58.1. The SMILES string of the molecule is C1=CC2c3cc(-c4nc(-c5ccc(-c6ccccc6)cc5)nc(-n5c6ccccc6c6ccccc65)n4)ccc3OC2c2c1n(-c1ccccc1)c1ccccc21.C1=CC2c3cc(-c4nc(-c5ccccc5)nc(-n5c6ccccc6c6ccccc65)n4)ccc3OC2c2c1n(-c1ccccc1)c1ccccc21. The van der Waals surface area contributed by atoms with Crippen molar-refractivity contribution in [2.75, 3.05) is 0 Å². The molecule has 0 N–H and O–H groups in total. The summed E-state index contributed by atoms with van der Waals surface area (Å²) < 4.78 is 22.7. The minimum Gasteiger partial charge on any atom is -0.484 e. The molecule has 12 nitrogen and oxygen atoms in total. The number of hydrogen-bond donors (Lipinski definition) is 0. The third-order valence-electron chi connectivity index (χ3n) is 21.9. The lowest BCUT2D eigenvalue weighted by Gasteiger charge is -2.22. The Morgan fingerprint density at radius 3 is 0.917 bits per heavy atom. The van der Waals surface area contributed by atoms with E-state index in [2.05, 4.69) is 334 Å². The number of ether oxygens (including phenoxy) is 2. The number of nitrogens with zero attached hydrogens (tertiary/aromatic N) is 10. The first-order chi connectivity index (χ1) is 53.6. The Morgan fingerprint density at radius 1 is 0.241 bits per heavy atom. The maximum absolute atomic E-state index is 6.88. The van der Waals surface area contributed by atoms with Gasteiger partial charge >= 0.3 is 0 Å². The molecule has 108 heavy (non-hydrogen) atoms. The van der Waals surface area contributed by atoms with Crippen molar-refractivity contribution in [2.45, 2.75) is 24.0 Å². The van der Waals surface area contributed by atoms with Crippen LogP contribution in [0.3, 0.4) is 0 Å². The van der Waals surface area contributed by atoms with Gasteiger partial charge in [-0.2, -0.15) is 19.9 Å². The monoisotopic (exact) mass is 1390 g/mol. The number of aromatic nitrogens is 10. The first kappa shape index (κ1) is 61.1. The van der Waals surface area contributed by atoms with Gasteiger partial charge in [0.15, 0.2) is 23.3 Å². The van der Waals surface area contributed by atoms with Crippen LogP contribution < -0.4 is 9.47 Å². The summed E-state index contributed by atoms with van der Waals surface area (Å²) in [5, 5.41) is 7.05. The molecule has 12 heteroatoms. The Bertz CT molecular complexity index is 6790. The summed E-state index contributed by atoms with van der Waals surface area (Å²) >= 11 is 0. The van der Waals surface area contributed by atoms with Crippen molar-refractivity contribution >= 4 is 77.6 Å². The van der Waals surface area contributed by atoms with Crippen LogP contribution in [-0.2, 0) is 0 Å². The summed E-state index contributed by atoms with van der Waals surface area (Å²) in [6.45, 7) is 0. The minimum absolute atomic E-state index is 0.0334. The molecular weight excluding hydrogens is 1330 g/mol. The Kier molecular flexibility index (Phi) is 14.0. The molecule has 8 heterocycles. The predicted molar refractivity (Wildman–Crippen MR) is 432 cm³/mol. The molecule has 0 spiro atoms. The molecular formula is C96H62N10O2. The standard InChI is InChI=1S/C51H33N5O.C45H29N5O/c1-3-13-32(14-4-1)33-23-25-34(26-24-33)49-52-50(54-51(53-49)56-42-20-10-7-17-37(42)38-18-8-11-21-43(38)56)35-27-30-46-41(31-35)39-28-29-45-47(48(39)57-46)40-19-9-12-22-44(40)55(45)36-15-5-2-6-16-36;1-3-13-28(14-4-1)43-46-44(48-45(47-43)50-36-20-10-7-17-31(36)32-18-8-11-21-37(32)50)29-23-26-40-35(27-29)33-24-25-39-41(42(33)51-40)34-19-9-12-22-38(34)49(39)30-15-5-2-6-16-30/h1-31,39,48H;1-27,33,42H. The Labute approximate surface area is 620 Å². The molecule has 508 valence electrons. The molecule has 0 saturated carbocycles. The Morgan fingerprint density at radius 2 is 0.528 bits per heavy atom. The second kappa shape index (κ2) is 24.7. The van der Waals surface area contributed by atoms with Crippen molar-refractivity contribution in [1.82, 2.24) is 48.2 Å². The van der Waals surface area contributed by atoms with Gasteiger partial charge in [-0.25, -0.2) is 9.97 Å². The van der Waals surface area contributed by atoms with Crippen LogP contribution in [0.25, 0.3) is 158 Å². The molecule has 2 aliphatic carbocycles. The second-order valence-electron chi connectivity index (χ2n) is 27.9. The fourth-order valence-corrected chi connectivity index (χ4v) is 17.1. The van der Waals surface area contributed by atoms with Crippen molar-refractivity contribution in [3.63, 3.8) is 0 Å². The van der Waals surface area contributed by atoms with E-state index < -0.39 is 0 Å². The molecule has 19 aromatic rings. The van der Waals surface area contributed by atoms with Gasteiger partial charge in [0.1, 0.15) is 23.7 Å². The molecule has 13 aromatic carbocycles. The largest absolute Gasteiger partial charge is 0.484 e. The highest BCUT2D eigenvalue weighted by Crippen LogP contribution is 2.56. The lowest BCUT2D eigenvalue weighted by Crippen LogP contribution is -2.13. The van der Waals surface area contributed by atoms with Gasteiger partial charge in [-0.05, 0) is 120 Å². The van der Waals surface area contributed by atoms with E-state index in [1.807, 2.05) is 36.4 Å². The molecule has 0 bridgehead atoms. The Balaban J connectivity index is 0.000000135. The van der Waals surface area contributed by atoms with Crippen LogP contribution >= 0.6 is 0 Å². The summed E-state index contributed by atoms with van der Waals surface area (Å²) in [7, 11) is 0. The van der Waals surface area contributed by atoms with Crippen molar-refractivity contribution < 1.29 is 9.47 Å². The molecule has 0 fully saturated rings. The summed E-state index contributed by atoms with van der Waals surface area (Å²) in [5.41, 5.74) is 21.8. The average molecular weight is 1390 g/mol. The molecule has 4 unspecified atom stereocenters. The highest BCUT2D eigenvalue weighted by Gasteiger charge is 2.42. The van der Waals surface area contributed by atoms with Gasteiger partial charge in [0.2, 0.25) is 11.9 Å². The van der Waals surface area contributed by atoms with Gasteiger partial charge in [0.05, 0.1) is 44.5 Å². The minimum atomic E-state index is -0.157. The summed E-state index contributed by atoms with van der Waals surface area (Å²) in [6, 6.07) is 114. The van der Waals surface area contributed by atoms with E-state index in [9.17, 15) is 0 Å². The van der Waals surface area contributed by atoms with Gasteiger partial charge in [0, 0.05) is 100 Å². The number of fused-ring (bicyclic) bond motifs is 20. The fraction of sp³-hybridized carbons (Fsp3) is 0.0417. The van der Waals surface area contributed by atoms with Crippen LogP contribution in [0.2, 0.25) is 0 Å². The van der Waals surface area contributed by atoms with E-state index in [1.54, 1.807) is 0 Å². The maximum atomic E-state index is 6.88. The van der Waals surface area contributed by atoms with E-state index in [4.69, 9.17) is 39.4 Å². The molecule has 0 amide bonds. The first-order valence-corrected chi connectivity index (χ1v) is 36.6. The van der Waals surface area contributed by atoms with Gasteiger partial charge in [-0.1, -0.05) is 243 Å². The second-order valence-corrected chi connectivity index (χ2v) is 27.9. The number of hydrogen-bond acceptors (Lipinski definition) is 8. The topological polar surface area (TPSA) is 116 Å². The van der Waals surface area contributed by atoms with Crippen LogP contribution in [0, 0.1) is 0 Å². The van der Waals surface area contributed by atoms with E-state index >= 15 is 0 Å². The smallest absolute Gasteiger partial charge is 0.238 e. The van der Waals surface area contributed by atoms with Crippen molar-refractivity contribution in [1.29, 1.82) is 0 Å². The molecule has 0 radical (unpaired) electrons. The van der Waals surface area contributed by atoms with Crippen LogP contribution in [0.4, 0.5) is 0 Å². The molecule has 6 aromatic heterocycles. The van der Waals surface area contributed by atoms with E-state index in [0.29, 0.717) is 35.2 Å². The zero-order chi connectivity index (χ0) is 70.9. The Hall–Kier alpha value is -14.4. The predicted octanol–water partition coefficient (Wildman–Crippen LogP) is 22.6. The molecule has 4 atom stereocenters. The zero-order valence-corrected chi connectivity index (χ0v) is 58.1. The van der Waals surface area contributed by atoms with Crippen LogP contribution in [0.1, 0.15) is 57.7 Å². The average Bonchev–Trinajstić information content (AvgIpc) is 1.57. The van der Waals surface area contributed by atoms with E-state index in [0.717, 1.165) is 117 Å². The van der Waals surface area contributed by atoms with Gasteiger partial charge in [0.25, 0.3) is 0 Å². The van der Waals surface area contributed by atoms with Crippen LogP contribution in [-0.4, -0.2) is 48.2 Å². The van der Waals surface area contributed by atoms with Crippen molar-refractivity contribution in [3.05, 3.63) is 373 Å². The third kappa shape index (κ3) is 9.77. The lowest BCUT2D eigenvalue weighted by atomic mass is 9.85. The van der Waals surface area contributed by atoms with Crippen LogP contribution in [0.15, 0.2) is 340 Å². The third-order valence-corrected chi connectivity index (χ3v) is 21.9. The number of para-hydroxylation sites is 8. The van der Waals surface area contributed by atoms with Crippen molar-refractivity contribution in [2.24, 2.45) is 0 Å². The molecule has 0 saturated heterocycles. The number of benzene rings is 13. The van der Waals surface area contributed by atoms with Gasteiger partial charge in [-0.3, -0.25) is 9.13 Å². The highest BCUT2D eigenvalue weighted by atomic mass is 16.5.